The molecule has 0 bridgehead atoms. The van der Waals surface area contributed by atoms with Crippen LogP contribution in [0.1, 0.15) is 32.6 Å². The molecule has 0 aliphatic carbocycles. The van der Waals surface area contributed by atoms with Crippen LogP contribution in [-0.4, -0.2) is 36.2 Å². The Morgan fingerprint density at radius 3 is 2.85 bits per heavy atom. The molecule has 1 aliphatic rings. The number of hydrogen-bond donors (Lipinski definition) is 1. The second-order valence-electron chi connectivity index (χ2n) is 3.78. The molecular formula is C11H21NO. The first-order valence-electron chi connectivity index (χ1n) is 5.38. The molecule has 0 amide bonds. The molecule has 1 N–H and O–H groups in total. The highest BCUT2D eigenvalue weighted by Gasteiger charge is 2.09. The van der Waals surface area contributed by atoms with Crippen molar-refractivity contribution in [3.05, 3.63) is 11.6 Å². The predicted octanol–water partition coefficient (Wildman–Crippen LogP) is 1.80. The molecule has 0 aromatic heterocycles. The van der Waals surface area contributed by atoms with Crippen LogP contribution in [0.3, 0.4) is 0 Å². The molecule has 0 saturated carbocycles. The largest absolute Gasteiger partial charge is 0.392 e. The number of hydrogen-bond acceptors (Lipinski definition) is 2. The van der Waals surface area contributed by atoms with Crippen LogP contribution in [0.25, 0.3) is 0 Å². The zero-order valence-corrected chi connectivity index (χ0v) is 8.63. The normalized spacial score (nSPS) is 18.8. The fraction of sp³-hybridized carbons (Fsp3) is 0.818. The van der Waals surface area contributed by atoms with Gasteiger partial charge in [-0.25, -0.2) is 0 Å². The average molecular weight is 183 g/mol. The molecular weight excluding hydrogens is 162 g/mol. The standard InChI is InChI=1S/C11H21NO/c1-2-3-4-7-12-8-5-11(10-13)6-9-12/h5,13H,2-4,6-10H2,1H3. The lowest BCUT2D eigenvalue weighted by atomic mass is 10.1. The van der Waals surface area contributed by atoms with Crippen molar-refractivity contribution in [3.63, 3.8) is 0 Å². The van der Waals surface area contributed by atoms with E-state index >= 15 is 0 Å². The Bertz CT molecular complexity index is 165. The van der Waals surface area contributed by atoms with E-state index in [0.717, 1.165) is 19.5 Å². The summed E-state index contributed by atoms with van der Waals surface area (Å²) >= 11 is 0. The van der Waals surface area contributed by atoms with Gasteiger partial charge in [-0.1, -0.05) is 25.8 Å². The maximum atomic E-state index is 8.90. The first-order chi connectivity index (χ1) is 6.36. The van der Waals surface area contributed by atoms with Gasteiger partial charge in [-0.15, -0.1) is 0 Å². The van der Waals surface area contributed by atoms with Crippen molar-refractivity contribution in [2.75, 3.05) is 26.2 Å². The van der Waals surface area contributed by atoms with Crippen LogP contribution in [0, 0.1) is 0 Å². The Hall–Kier alpha value is -0.340. The summed E-state index contributed by atoms with van der Waals surface area (Å²) in [6, 6.07) is 0. The summed E-state index contributed by atoms with van der Waals surface area (Å²) in [4.78, 5) is 2.47. The quantitative estimate of drug-likeness (QED) is 0.519. The fourth-order valence-electron chi connectivity index (χ4n) is 1.69. The van der Waals surface area contributed by atoms with Crippen molar-refractivity contribution in [1.29, 1.82) is 0 Å². The Morgan fingerprint density at radius 1 is 1.46 bits per heavy atom. The maximum Gasteiger partial charge on any atom is 0.0642 e. The van der Waals surface area contributed by atoms with Crippen LogP contribution >= 0.6 is 0 Å². The molecule has 0 atom stereocenters. The molecule has 1 rings (SSSR count). The Morgan fingerprint density at radius 2 is 2.31 bits per heavy atom. The van der Waals surface area contributed by atoms with Gasteiger partial charge in [0.05, 0.1) is 6.61 Å². The lowest BCUT2D eigenvalue weighted by Crippen LogP contribution is -2.30. The van der Waals surface area contributed by atoms with Gasteiger partial charge in [0.25, 0.3) is 0 Å². The number of nitrogens with zero attached hydrogens (tertiary/aromatic N) is 1. The van der Waals surface area contributed by atoms with E-state index in [1.165, 1.54) is 31.4 Å². The van der Waals surface area contributed by atoms with Crippen molar-refractivity contribution in [2.45, 2.75) is 32.6 Å². The van der Waals surface area contributed by atoms with Crippen molar-refractivity contribution in [1.82, 2.24) is 4.90 Å². The van der Waals surface area contributed by atoms with Crippen molar-refractivity contribution in [3.8, 4) is 0 Å². The molecule has 0 spiro atoms. The third-order valence-corrected chi connectivity index (χ3v) is 2.67. The topological polar surface area (TPSA) is 23.5 Å². The molecule has 0 fully saturated rings. The van der Waals surface area contributed by atoms with E-state index in [4.69, 9.17) is 5.11 Å². The Kier molecular flexibility index (Phi) is 5.09. The fourth-order valence-corrected chi connectivity index (χ4v) is 1.69. The summed E-state index contributed by atoms with van der Waals surface area (Å²) in [6.07, 6.45) is 7.19. The van der Waals surface area contributed by atoms with Crippen LogP contribution in [0.5, 0.6) is 0 Å². The van der Waals surface area contributed by atoms with Gasteiger partial charge in [-0.2, -0.15) is 0 Å². The Labute approximate surface area is 81.2 Å². The summed E-state index contributed by atoms with van der Waals surface area (Å²) < 4.78 is 0. The van der Waals surface area contributed by atoms with Gasteiger partial charge >= 0.3 is 0 Å². The average Bonchev–Trinajstić information content (AvgIpc) is 2.19. The molecule has 76 valence electrons. The molecule has 0 saturated heterocycles. The number of aliphatic hydroxyl groups excluding tert-OH is 1. The third-order valence-electron chi connectivity index (χ3n) is 2.67. The van der Waals surface area contributed by atoms with E-state index in [0.29, 0.717) is 0 Å². The van der Waals surface area contributed by atoms with E-state index in [2.05, 4.69) is 17.9 Å². The summed E-state index contributed by atoms with van der Waals surface area (Å²) in [7, 11) is 0. The molecule has 2 heteroatoms. The van der Waals surface area contributed by atoms with E-state index in [1.54, 1.807) is 0 Å². The van der Waals surface area contributed by atoms with E-state index in [9.17, 15) is 0 Å². The first-order valence-corrected chi connectivity index (χ1v) is 5.38. The molecule has 1 heterocycles. The molecule has 13 heavy (non-hydrogen) atoms. The van der Waals surface area contributed by atoms with Gasteiger partial charge in [0, 0.05) is 13.1 Å². The van der Waals surface area contributed by atoms with Gasteiger partial charge in [0.1, 0.15) is 0 Å². The number of rotatable bonds is 5. The van der Waals surface area contributed by atoms with Crippen molar-refractivity contribution < 1.29 is 5.11 Å². The van der Waals surface area contributed by atoms with Gasteiger partial charge in [-0.05, 0) is 25.0 Å². The molecule has 0 aromatic carbocycles. The van der Waals surface area contributed by atoms with Crippen LogP contribution in [0.2, 0.25) is 0 Å². The highest BCUT2D eigenvalue weighted by Crippen LogP contribution is 2.10. The Balaban J connectivity index is 2.14. The SMILES string of the molecule is CCCCCN1CC=C(CO)CC1. The van der Waals surface area contributed by atoms with Crippen molar-refractivity contribution >= 4 is 0 Å². The third kappa shape index (κ3) is 3.92. The zero-order valence-electron chi connectivity index (χ0n) is 8.63. The van der Waals surface area contributed by atoms with Crippen LogP contribution in [0.4, 0.5) is 0 Å². The minimum Gasteiger partial charge on any atom is -0.392 e. The predicted molar refractivity (Wildman–Crippen MR) is 55.8 cm³/mol. The van der Waals surface area contributed by atoms with Crippen molar-refractivity contribution in [2.24, 2.45) is 0 Å². The summed E-state index contributed by atoms with van der Waals surface area (Å²) in [6.45, 7) is 5.89. The van der Waals surface area contributed by atoms with Gasteiger partial charge in [-0.3, -0.25) is 4.90 Å². The number of unbranched alkanes of at least 4 members (excludes halogenated alkanes) is 2. The lowest BCUT2D eigenvalue weighted by Gasteiger charge is -2.25. The van der Waals surface area contributed by atoms with Gasteiger partial charge < -0.3 is 5.11 Å². The first kappa shape index (κ1) is 10.7. The summed E-state index contributed by atoms with van der Waals surface area (Å²) in [5.74, 6) is 0. The highest BCUT2D eigenvalue weighted by molar-refractivity contribution is 5.07. The summed E-state index contributed by atoms with van der Waals surface area (Å²) in [5, 5.41) is 8.90. The van der Waals surface area contributed by atoms with Crippen LogP contribution in [0.15, 0.2) is 11.6 Å². The van der Waals surface area contributed by atoms with E-state index < -0.39 is 0 Å². The monoisotopic (exact) mass is 183 g/mol. The van der Waals surface area contributed by atoms with Crippen LogP contribution in [-0.2, 0) is 0 Å². The molecule has 0 unspecified atom stereocenters. The lowest BCUT2D eigenvalue weighted by molar-refractivity contribution is 0.266. The molecule has 0 aromatic rings. The molecule has 2 nitrogen and oxygen atoms in total. The zero-order chi connectivity index (χ0) is 9.52. The smallest absolute Gasteiger partial charge is 0.0642 e. The second-order valence-corrected chi connectivity index (χ2v) is 3.78. The highest BCUT2D eigenvalue weighted by atomic mass is 16.3. The maximum absolute atomic E-state index is 8.90. The van der Waals surface area contributed by atoms with Gasteiger partial charge in [0.15, 0.2) is 0 Å². The second kappa shape index (κ2) is 6.17. The molecule has 0 radical (unpaired) electrons. The molecule has 1 aliphatic heterocycles. The van der Waals surface area contributed by atoms with E-state index in [1.807, 2.05) is 0 Å². The number of aliphatic hydroxyl groups is 1. The van der Waals surface area contributed by atoms with Crippen LogP contribution < -0.4 is 0 Å². The van der Waals surface area contributed by atoms with E-state index in [-0.39, 0.29) is 6.61 Å². The minimum absolute atomic E-state index is 0.253. The minimum atomic E-state index is 0.253. The summed E-state index contributed by atoms with van der Waals surface area (Å²) in [5.41, 5.74) is 1.21. The van der Waals surface area contributed by atoms with Gasteiger partial charge in [0.2, 0.25) is 0 Å².